The van der Waals surface area contributed by atoms with Gasteiger partial charge in [-0.15, -0.1) is 0 Å². The molecule has 5 aliphatic rings. The summed E-state index contributed by atoms with van der Waals surface area (Å²) >= 11 is 0. The lowest BCUT2D eigenvalue weighted by Gasteiger charge is -2.41. The molecule has 1 saturated carbocycles. The Kier molecular flexibility index (Phi) is 2.01. The SMILES string of the molecule is C=C1C(=O)OC2CC3(C)CC4(O)C(OC5CC(=O)OC54C12)O3. The quantitative estimate of drug-likeness (QED) is 0.490. The van der Waals surface area contributed by atoms with Gasteiger partial charge in [-0.05, 0) is 6.92 Å². The average Bonchev–Trinajstić information content (AvgIpc) is 2.98. The van der Waals surface area contributed by atoms with E-state index in [0.717, 1.165) is 0 Å². The lowest BCUT2D eigenvalue weighted by atomic mass is 9.68. The molecule has 4 saturated heterocycles. The van der Waals surface area contributed by atoms with E-state index in [9.17, 15) is 14.7 Å². The largest absolute Gasteiger partial charge is 0.458 e. The molecule has 0 amide bonds. The van der Waals surface area contributed by atoms with Crippen LogP contribution in [0.25, 0.3) is 0 Å². The molecule has 1 aliphatic carbocycles. The lowest BCUT2D eigenvalue weighted by Crippen LogP contribution is -2.62. The topological polar surface area (TPSA) is 91.3 Å². The van der Waals surface area contributed by atoms with E-state index in [1.807, 2.05) is 6.92 Å². The molecule has 5 fully saturated rings. The highest BCUT2D eigenvalue weighted by Gasteiger charge is 2.83. The van der Waals surface area contributed by atoms with Crippen molar-refractivity contribution < 1.29 is 33.6 Å². The van der Waals surface area contributed by atoms with Gasteiger partial charge in [0.05, 0.1) is 17.9 Å². The molecule has 0 aromatic heterocycles. The number of carbonyl (C=O) groups is 2. The van der Waals surface area contributed by atoms with Crippen molar-refractivity contribution in [1.82, 2.24) is 0 Å². The zero-order valence-corrected chi connectivity index (χ0v) is 12.0. The maximum Gasteiger partial charge on any atom is 0.334 e. The van der Waals surface area contributed by atoms with Gasteiger partial charge < -0.3 is 24.1 Å². The van der Waals surface area contributed by atoms with Crippen LogP contribution in [0, 0.1) is 5.92 Å². The molecule has 7 nitrogen and oxygen atoms in total. The zero-order valence-electron chi connectivity index (χ0n) is 12.0. The molecule has 4 heterocycles. The Balaban J connectivity index is 1.77. The normalized spacial score (nSPS) is 58.2. The predicted molar refractivity (Wildman–Crippen MR) is 68.3 cm³/mol. The van der Waals surface area contributed by atoms with E-state index in [0.29, 0.717) is 6.42 Å². The van der Waals surface area contributed by atoms with Gasteiger partial charge >= 0.3 is 11.9 Å². The van der Waals surface area contributed by atoms with Crippen molar-refractivity contribution >= 4 is 11.9 Å². The van der Waals surface area contributed by atoms with Crippen LogP contribution in [-0.2, 0) is 28.5 Å². The van der Waals surface area contributed by atoms with Crippen LogP contribution in [0.3, 0.4) is 0 Å². The molecule has 5 rings (SSSR count). The van der Waals surface area contributed by atoms with Crippen molar-refractivity contribution in [3.63, 3.8) is 0 Å². The second-order valence-corrected chi connectivity index (χ2v) is 7.25. The average molecular weight is 308 g/mol. The van der Waals surface area contributed by atoms with Crippen LogP contribution in [0.15, 0.2) is 12.2 Å². The number of hydrogen-bond acceptors (Lipinski definition) is 7. The Morgan fingerprint density at radius 1 is 1.36 bits per heavy atom. The fourth-order valence-electron chi connectivity index (χ4n) is 5.18. The Hall–Kier alpha value is -1.44. The van der Waals surface area contributed by atoms with Crippen LogP contribution in [0.5, 0.6) is 0 Å². The first-order valence-corrected chi connectivity index (χ1v) is 7.46. The Morgan fingerprint density at radius 2 is 2.14 bits per heavy atom. The highest BCUT2D eigenvalue weighted by molar-refractivity contribution is 5.92. The van der Waals surface area contributed by atoms with Gasteiger partial charge in [-0.3, -0.25) is 4.79 Å². The van der Waals surface area contributed by atoms with E-state index < -0.39 is 53.2 Å². The standard InChI is InChI=1S/C15H16O7/c1-6-10-7(19-11(6)17)4-13(2)5-14(18)12(22-13)20-8-3-9(16)21-15(8,10)14/h7-8,10,12,18H,1,3-5H2,2H3. The first kappa shape index (κ1) is 13.0. The molecular formula is C15H16O7. The second kappa shape index (κ2) is 3.39. The predicted octanol–water partition coefficient (Wildman–Crippen LogP) is -0.191. The fourth-order valence-corrected chi connectivity index (χ4v) is 5.18. The van der Waals surface area contributed by atoms with E-state index in [2.05, 4.69) is 6.58 Å². The Labute approximate surface area is 126 Å². The zero-order chi connectivity index (χ0) is 15.5. The summed E-state index contributed by atoms with van der Waals surface area (Å²) in [4.78, 5) is 23.9. The molecule has 7 unspecified atom stereocenters. The summed E-state index contributed by atoms with van der Waals surface area (Å²) in [5, 5.41) is 11.4. The molecule has 1 spiro atoms. The molecule has 7 atom stereocenters. The highest BCUT2D eigenvalue weighted by atomic mass is 16.7. The summed E-state index contributed by atoms with van der Waals surface area (Å²) in [6.07, 6.45) is -1.33. The summed E-state index contributed by atoms with van der Waals surface area (Å²) in [6.45, 7) is 5.67. The molecule has 0 aromatic carbocycles. The fraction of sp³-hybridized carbons (Fsp3) is 0.733. The van der Waals surface area contributed by atoms with Gasteiger partial charge in [-0.1, -0.05) is 6.58 Å². The number of rotatable bonds is 0. The van der Waals surface area contributed by atoms with Crippen molar-refractivity contribution in [2.24, 2.45) is 5.92 Å². The van der Waals surface area contributed by atoms with Crippen molar-refractivity contribution in [3.8, 4) is 0 Å². The second-order valence-electron chi connectivity index (χ2n) is 7.25. The summed E-state index contributed by atoms with van der Waals surface area (Å²) in [6, 6.07) is 0. The van der Waals surface area contributed by atoms with Gasteiger partial charge in [0.25, 0.3) is 0 Å². The molecule has 1 N–H and O–H groups in total. The summed E-state index contributed by atoms with van der Waals surface area (Å²) < 4.78 is 22.8. The van der Waals surface area contributed by atoms with Crippen molar-refractivity contribution in [1.29, 1.82) is 0 Å². The number of esters is 2. The van der Waals surface area contributed by atoms with Crippen LogP contribution < -0.4 is 0 Å². The Bertz CT molecular complexity index is 644. The van der Waals surface area contributed by atoms with Crippen LogP contribution in [0.4, 0.5) is 0 Å². The van der Waals surface area contributed by atoms with Gasteiger partial charge in [0.2, 0.25) is 0 Å². The smallest absolute Gasteiger partial charge is 0.334 e. The van der Waals surface area contributed by atoms with Gasteiger partial charge in [-0.25, -0.2) is 4.79 Å². The number of ether oxygens (including phenoxy) is 4. The number of fused-ring (bicyclic) bond motifs is 2. The third-order valence-corrected chi connectivity index (χ3v) is 5.87. The first-order chi connectivity index (χ1) is 10.3. The van der Waals surface area contributed by atoms with Crippen LogP contribution >= 0.6 is 0 Å². The van der Waals surface area contributed by atoms with Crippen molar-refractivity contribution in [2.45, 2.75) is 61.5 Å². The minimum absolute atomic E-state index is 0.0313. The molecule has 4 aliphatic heterocycles. The van der Waals surface area contributed by atoms with Crippen molar-refractivity contribution in [3.05, 3.63) is 12.2 Å². The van der Waals surface area contributed by atoms with E-state index >= 15 is 0 Å². The third-order valence-electron chi connectivity index (χ3n) is 5.87. The van der Waals surface area contributed by atoms with E-state index in [4.69, 9.17) is 18.9 Å². The number of aliphatic hydroxyl groups is 1. The van der Waals surface area contributed by atoms with Gasteiger partial charge in [-0.2, -0.15) is 0 Å². The third kappa shape index (κ3) is 1.15. The summed E-state index contributed by atoms with van der Waals surface area (Å²) in [5.41, 5.74) is -3.30. The molecule has 0 aromatic rings. The number of hydrogen-bond donors (Lipinski definition) is 1. The Morgan fingerprint density at radius 3 is 2.91 bits per heavy atom. The maximum atomic E-state index is 12.0. The highest BCUT2D eigenvalue weighted by Crippen LogP contribution is 2.65. The summed E-state index contributed by atoms with van der Waals surface area (Å²) in [7, 11) is 0. The first-order valence-electron chi connectivity index (χ1n) is 7.46. The molecule has 0 radical (unpaired) electrons. The van der Waals surface area contributed by atoms with Crippen LogP contribution in [-0.4, -0.2) is 52.3 Å². The minimum atomic E-state index is -1.49. The molecule has 118 valence electrons. The summed E-state index contributed by atoms with van der Waals surface area (Å²) in [5.74, 6) is -1.56. The monoisotopic (exact) mass is 308 g/mol. The van der Waals surface area contributed by atoms with Gasteiger partial charge in [0, 0.05) is 18.4 Å². The van der Waals surface area contributed by atoms with E-state index in [1.54, 1.807) is 0 Å². The molecule has 22 heavy (non-hydrogen) atoms. The number of carbonyl (C=O) groups excluding carboxylic acids is 2. The lowest BCUT2D eigenvalue weighted by molar-refractivity contribution is -0.216. The van der Waals surface area contributed by atoms with Crippen LogP contribution in [0.2, 0.25) is 0 Å². The molecule has 7 heteroatoms. The van der Waals surface area contributed by atoms with E-state index in [1.165, 1.54) is 0 Å². The van der Waals surface area contributed by atoms with Crippen LogP contribution in [0.1, 0.15) is 26.2 Å². The van der Waals surface area contributed by atoms with Crippen molar-refractivity contribution in [2.75, 3.05) is 0 Å². The van der Waals surface area contributed by atoms with Gasteiger partial charge in [0.1, 0.15) is 12.2 Å². The minimum Gasteiger partial charge on any atom is -0.458 e. The van der Waals surface area contributed by atoms with Gasteiger partial charge in [0.15, 0.2) is 17.5 Å². The van der Waals surface area contributed by atoms with E-state index in [-0.39, 0.29) is 18.4 Å². The molecular weight excluding hydrogens is 292 g/mol. The molecule has 2 bridgehead atoms. The maximum absolute atomic E-state index is 12.0.